The number of nitrogens with one attached hydrogen (secondary N) is 1. The average Bonchev–Trinajstić information content (AvgIpc) is 3.26. The molecule has 0 saturated heterocycles. The number of anilines is 1. The number of hydrogen-bond donors (Lipinski definition) is 1. The van der Waals surface area contributed by atoms with Crippen molar-refractivity contribution < 1.29 is 18.0 Å². The third kappa shape index (κ3) is 4.37. The van der Waals surface area contributed by atoms with Gasteiger partial charge in [-0.05, 0) is 36.8 Å². The number of aromatic nitrogens is 3. The lowest BCUT2D eigenvalue weighted by Crippen LogP contribution is -2.14. The van der Waals surface area contributed by atoms with Crippen LogP contribution in [-0.4, -0.2) is 26.3 Å². The van der Waals surface area contributed by atoms with Gasteiger partial charge >= 0.3 is 6.18 Å². The molecule has 1 aliphatic rings. The van der Waals surface area contributed by atoms with Crippen molar-refractivity contribution in [3.05, 3.63) is 38.9 Å². The number of nitrogens with zero attached hydrogens (tertiary/aromatic N) is 4. The van der Waals surface area contributed by atoms with Crippen molar-refractivity contribution in [2.45, 2.75) is 37.5 Å². The molecule has 1 amide bonds. The number of carbonyl (C=O) groups is 1. The molecule has 31 heavy (non-hydrogen) atoms. The number of rotatable bonds is 4. The summed E-state index contributed by atoms with van der Waals surface area (Å²) >= 11 is 8.25. The quantitative estimate of drug-likeness (QED) is 0.514. The second-order valence-corrected chi connectivity index (χ2v) is 9.71. The minimum Gasteiger partial charge on any atom is -0.316 e. The first-order chi connectivity index (χ1) is 14.7. The third-order valence-electron chi connectivity index (χ3n) is 4.96. The zero-order chi connectivity index (χ0) is 22.3. The van der Waals surface area contributed by atoms with Crippen LogP contribution in [0.3, 0.4) is 0 Å². The first-order valence-electron chi connectivity index (χ1n) is 9.26. The molecule has 0 bridgehead atoms. The number of hydrogen-bond acceptors (Lipinski definition) is 6. The fourth-order valence-electron chi connectivity index (χ4n) is 3.44. The summed E-state index contributed by atoms with van der Waals surface area (Å²) < 4.78 is 40.3. The van der Waals surface area contributed by atoms with Crippen LogP contribution in [0.25, 0.3) is 5.65 Å². The van der Waals surface area contributed by atoms with Crippen molar-refractivity contribution >= 4 is 51.3 Å². The zero-order valence-electron chi connectivity index (χ0n) is 16.1. The lowest BCUT2D eigenvalue weighted by Gasteiger charge is -2.17. The van der Waals surface area contributed by atoms with Crippen LogP contribution in [0.2, 0.25) is 5.02 Å². The summed E-state index contributed by atoms with van der Waals surface area (Å²) in [7, 11) is 0. The molecule has 3 heterocycles. The molecule has 4 rings (SSSR count). The monoisotopic (exact) mass is 485 g/mol. The van der Waals surface area contributed by atoms with Crippen LogP contribution in [0.4, 0.5) is 18.2 Å². The summed E-state index contributed by atoms with van der Waals surface area (Å²) in [6.45, 7) is 2.16. The molecule has 0 fully saturated rings. The maximum atomic E-state index is 13.1. The van der Waals surface area contributed by atoms with Crippen LogP contribution >= 0.6 is 34.7 Å². The maximum Gasteiger partial charge on any atom is 0.417 e. The highest BCUT2D eigenvalue weighted by molar-refractivity contribution is 7.99. The van der Waals surface area contributed by atoms with Crippen LogP contribution < -0.4 is 5.32 Å². The highest BCUT2D eigenvalue weighted by Gasteiger charge is 2.32. The number of carbonyl (C=O) groups excluding carboxylic acids is 1. The predicted molar refractivity (Wildman–Crippen MR) is 113 cm³/mol. The molecule has 1 aliphatic carbocycles. The Labute approximate surface area is 188 Å². The van der Waals surface area contributed by atoms with Gasteiger partial charge in [-0.1, -0.05) is 30.3 Å². The second-order valence-electron chi connectivity index (χ2n) is 7.26. The smallest absolute Gasteiger partial charge is 0.316 e. The summed E-state index contributed by atoms with van der Waals surface area (Å²) in [6, 6.07) is 2.97. The van der Waals surface area contributed by atoms with E-state index in [1.807, 2.05) is 0 Å². The van der Waals surface area contributed by atoms with Gasteiger partial charge < -0.3 is 5.32 Å². The molecule has 0 aromatic carbocycles. The molecule has 12 heteroatoms. The fourth-order valence-corrected chi connectivity index (χ4v) is 5.77. The Morgan fingerprint density at radius 3 is 2.97 bits per heavy atom. The van der Waals surface area contributed by atoms with E-state index < -0.39 is 11.7 Å². The summed E-state index contributed by atoms with van der Waals surface area (Å²) in [5.74, 6) is 0.0350. The number of alkyl halides is 3. The van der Waals surface area contributed by atoms with Crippen molar-refractivity contribution in [3.63, 3.8) is 0 Å². The predicted octanol–water partition coefficient (Wildman–Crippen LogP) is 5.19. The van der Waals surface area contributed by atoms with Crippen LogP contribution in [-0.2, 0) is 23.8 Å². The number of thiophene rings is 1. The number of thioether (sulfide) groups is 1. The van der Waals surface area contributed by atoms with E-state index in [1.54, 1.807) is 0 Å². The molecule has 0 aliphatic heterocycles. The minimum absolute atomic E-state index is 0.0735. The van der Waals surface area contributed by atoms with E-state index >= 15 is 0 Å². The minimum atomic E-state index is -4.58. The SMILES string of the molecule is C[C@H]1CCc2c(sc(NC(=O)CSc3nnc4c(Cl)cc(C(F)(F)F)cn34)c2C#N)C1. The number of pyridine rings is 1. The molecule has 1 atom stereocenters. The lowest BCUT2D eigenvalue weighted by atomic mass is 9.89. The van der Waals surface area contributed by atoms with Crippen molar-refractivity contribution in [2.75, 3.05) is 11.1 Å². The fraction of sp³-hybridized carbons (Fsp3) is 0.368. The molecule has 0 unspecified atom stereocenters. The number of amides is 1. The van der Waals surface area contributed by atoms with E-state index in [9.17, 15) is 23.2 Å². The van der Waals surface area contributed by atoms with Crippen LogP contribution in [0.5, 0.6) is 0 Å². The molecule has 162 valence electrons. The Bertz CT molecular complexity index is 1210. The van der Waals surface area contributed by atoms with E-state index in [2.05, 4.69) is 28.5 Å². The van der Waals surface area contributed by atoms with Gasteiger partial charge in [0.05, 0.1) is 21.9 Å². The van der Waals surface area contributed by atoms with Crippen LogP contribution in [0, 0.1) is 17.2 Å². The van der Waals surface area contributed by atoms with Crippen LogP contribution in [0.1, 0.15) is 34.9 Å². The number of nitriles is 1. The van der Waals surface area contributed by atoms with Gasteiger partial charge in [-0.25, -0.2) is 0 Å². The maximum absolute atomic E-state index is 13.1. The third-order valence-corrected chi connectivity index (χ3v) is 7.36. The molecule has 3 aromatic rings. The Hall–Kier alpha value is -2.29. The van der Waals surface area contributed by atoms with Gasteiger partial charge in [0.2, 0.25) is 5.91 Å². The lowest BCUT2D eigenvalue weighted by molar-refractivity contribution is -0.137. The summed E-state index contributed by atoms with van der Waals surface area (Å²) in [5.41, 5.74) is 0.642. The van der Waals surface area contributed by atoms with Gasteiger partial charge in [-0.15, -0.1) is 21.5 Å². The molecule has 0 spiro atoms. The average molecular weight is 486 g/mol. The topological polar surface area (TPSA) is 83.1 Å². The van der Waals surface area contributed by atoms with Crippen molar-refractivity contribution in [1.82, 2.24) is 14.6 Å². The molecular formula is C19H15ClF3N5OS2. The second kappa shape index (κ2) is 8.33. The highest BCUT2D eigenvalue weighted by Crippen LogP contribution is 2.39. The van der Waals surface area contributed by atoms with Crippen molar-refractivity contribution in [1.29, 1.82) is 5.26 Å². The van der Waals surface area contributed by atoms with Gasteiger partial charge in [0.25, 0.3) is 0 Å². The summed E-state index contributed by atoms with van der Waals surface area (Å²) in [5, 5.41) is 20.4. The standard InChI is InChI=1S/C19H15ClF3N5OS2/c1-9-2-3-11-12(6-24)17(31-14(11)4-9)25-15(29)8-30-18-27-26-16-13(20)5-10(7-28(16)18)19(21,22)23/h5,7,9H,2-4,8H2,1H3,(H,25,29)/t9-/m0/s1. The molecule has 3 aromatic heterocycles. The van der Waals surface area contributed by atoms with E-state index in [0.717, 1.165) is 58.1 Å². The first kappa shape index (κ1) is 21.9. The van der Waals surface area contributed by atoms with Gasteiger partial charge in [-0.3, -0.25) is 9.20 Å². The molecule has 6 nitrogen and oxygen atoms in total. The summed E-state index contributed by atoms with van der Waals surface area (Å²) in [4.78, 5) is 13.6. The number of fused-ring (bicyclic) bond motifs is 2. The van der Waals surface area contributed by atoms with Gasteiger partial charge in [0, 0.05) is 11.1 Å². The Morgan fingerprint density at radius 1 is 1.48 bits per heavy atom. The van der Waals surface area contributed by atoms with Crippen molar-refractivity contribution in [2.24, 2.45) is 5.92 Å². The Kier molecular flexibility index (Phi) is 5.89. The Morgan fingerprint density at radius 2 is 2.26 bits per heavy atom. The number of halogens is 4. The van der Waals surface area contributed by atoms with E-state index in [0.29, 0.717) is 16.5 Å². The van der Waals surface area contributed by atoms with Gasteiger partial charge in [0.1, 0.15) is 11.1 Å². The molecule has 0 radical (unpaired) electrons. The molecular weight excluding hydrogens is 471 g/mol. The molecule has 0 saturated carbocycles. The highest BCUT2D eigenvalue weighted by atomic mass is 35.5. The van der Waals surface area contributed by atoms with Gasteiger partial charge in [-0.2, -0.15) is 18.4 Å². The Balaban J connectivity index is 1.51. The zero-order valence-corrected chi connectivity index (χ0v) is 18.5. The molecule has 1 N–H and O–H groups in total. The first-order valence-corrected chi connectivity index (χ1v) is 11.4. The van der Waals surface area contributed by atoms with Crippen molar-refractivity contribution in [3.8, 4) is 6.07 Å². The van der Waals surface area contributed by atoms with Gasteiger partial charge in [0.15, 0.2) is 10.8 Å². The normalized spacial score (nSPS) is 16.2. The largest absolute Gasteiger partial charge is 0.417 e. The summed E-state index contributed by atoms with van der Waals surface area (Å²) in [6.07, 6.45) is -1.03. The van der Waals surface area contributed by atoms with E-state index in [4.69, 9.17) is 11.6 Å². The van der Waals surface area contributed by atoms with E-state index in [-0.39, 0.29) is 27.5 Å². The van der Waals surface area contributed by atoms with Crippen LogP contribution in [0.15, 0.2) is 17.4 Å². The van der Waals surface area contributed by atoms with E-state index in [1.165, 1.54) is 11.3 Å².